The molecule has 2 rings (SSSR count). The van der Waals surface area contributed by atoms with Crippen molar-refractivity contribution in [3.8, 4) is 5.75 Å². The summed E-state index contributed by atoms with van der Waals surface area (Å²) in [5.41, 5.74) is 2.82. The average Bonchev–Trinajstić information content (AvgIpc) is 2.50. The fourth-order valence-electron chi connectivity index (χ4n) is 2.71. The molecular formula is C17H27NO2. The van der Waals surface area contributed by atoms with E-state index >= 15 is 0 Å². The SMILES string of the molecule is CCCNC1CCCc2ccc(OCC(O)CC)cc21. The lowest BCUT2D eigenvalue weighted by Crippen LogP contribution is -2.26. The van der Waals surface area contributed by atoms with Crippen LogP contribution in [0.4, 0.5) is 0 Å². The Morgan fingerprint density at radius 2 is 2.25 bits per heavy atom. The first-order valence-electron chi connectivity index (χ1n) is 7.91. The van der Waals surface area contributed by atoms with E-state index in [0.29, 0.717) is 12.6 Å². The van der Waals surface area contributed by atoms with Crippen LogP contribution in [0.25, 0.3) is 0 Å². The van der Waals surface area contributed by atoms with Crippen LogP contribution in [0.5, 0.6) is 5.75 Å². The van der Waals surface area contributed by atoms with E-state index in [1.165, 1.54) is 24.0 Å². The maximum Gasteiger partial charge on any atom is 0.119 e. The second kappa shape index (κ2) is 7.65. The van der Waals surface area contributed by atoms with Gasteiger partial charge in [0.1, 0.15) is 12.4 Å². The number of hydrogen-bond donors (Lipinski definition) is 2. The number of aryl methyl sites for hydroxylation is 1. The van der Waals surface area contributed by atoms with Crippen molar-refractivity contribution in [2.75, 3.05) is 13.2 Å². The molecule has 0 aromatic heterocycles. The number of aliphatic hydroxyl groups excluding tert-OH is 1. The van der Waals surface area contributed by atoms with Crippen LogP contribution < -0.4 is 10.1 Å². The standard InChI is InChI=1S/C17H27NO2/c1-3-10-18-17-7-5-6-13-8-9-15(11-16(13)17)20-12-14(19)4-2/h8-9,11,14,17-19H,3-7,10,12H2,1-2H3. The summed E-state index contributed by atoms with van der Waals surface area (Å²) in [5.74, 6) is 0.876. The number of nitrogens with one attached hydrogen (secondary N) is 1. The monoisotopic (exact) mass is 277 g/mol. The number of benzene rings is 1. The van der Waals surface area contributed by atoms with E-state index in [2.05, 4.69) is 24.4 Å². The molecule has 0 aliphatic heterocycles. The molecule has 0 spiro atoms. The van der Waals surface area contributed by atoms with Crippen molar-refractivity contribution in [3.63, 3.8) is 0 Å². The van der Waals surface area contributed by atoms with Gasteiger partial charge in [0.15, 0.2) is 0 Å². The van der Waals surface area contributed by atoms with Gasteiger partial charge in [0, 0.05) is 6.04 Å². The van der Waals surface area contributed by atoms with Crippen LogP contribution in [-0.2, 0) is 6.42 Å². The van der Waals surface area contributed by atoms with Gasteiger partial charge in [0.2, 0.25) is 0 Å². The smallest absolute Gasteiger partial charge is 0.119 e. The molecule has 0 saturated carbocycles. The number of rotatable bonds is 7. The van der Waals surface area contributed by atoms with E-state index < -0.39 is 0 Å². The first-order valence-corrected chi connectivity index (χ1v) is 7.91. The van der Waals surface area contributed by atoms with E-state index in [1.54, 1.807) is 0 Å². The van der Waals surface area contributed by atoms with Gasteiger partial charge in [-0.1, -0.05) is 19.9 Å². The number of hydrogen-bond acceptors (Lipinski definition) is 3. The molecule has 0 heterocycles. The zero-order valence-corrected chi connectivity index (χ0v) is 12.7. The third-order valence-electron chi connectivity index (χ3n) is 3.99. The lowest BCUT2D eigenvalue weighted by Gasteiger charge is -2.27. The van der Waals surface area contributed by atoms with Gasteiger partial charge >= 0.3 is 0 Å². The van der Waals surface area contributed by atoms with E-state index in [-0.39, 0.29) is 6.10 Å². The van der Waals surface area contributed by atoms with Crippen molar-refractivity contribution in [1.82, 2.24) is 5.32 Å². The Morgan fingerprint density at radius 1 is 1.40 bits per heavy atom. The number of fused-ring (bicyclic) bond motifs is 1. The van der Waals surface area contributed by atoms with Gasteiger partial charge in [-0.2, -0.15) is 0 Å². The van der Waals surface area contributed by atoms with Crippen LogP contribution in [0.2, 0.25) is 0 Å². The number of ether oxygens (including phenoxy) is 1. The van der Waals surface area contributed by atoms with Crippen molar-refractivity contribution in [3.05, 3.63) is 29.3 Å². The second-order valence-electron chi connectivity index (χ2n) is 5.63. The largest absolute Gasteiger partial charge is 0.491 e. The van der Waals surface area contributed by atoms with Crippen molar-refractivity contribution in [1.29, 1.82) is 0 Å². The molecule has 0 fully saturated rings. The van der Waals surface area contributed by atoms with Gasteiger partial charge in [0.25, 0.3) is 0 Å². The molecule has 3 nitrogen and oxygen atoms in total. The lowest BCUT2D eigenvalue weighted by molar-refractivity contribution is 0.104. The third kappa shape index (κ3) is 3.97. The highest BCUT2D eigenvalue weighted by atomic mass is 16.5. The number of aliphatic hydroxyl groups is 1. The third-order valence-corrected chi connectivity index (χ3v) is 3.99. The fourth-order valence-corrected chi connectivity index (χ4v) is 2.71. The molecule has 112 valence electrons. The summed E-state index contributed by atoms with van der Waals surface area (Å²) in [6.45, 7) is 5.60. The van der Waals surface area contributed by atoms with Crippen molar-refractivity contribution in [2.45, 2.75) is 58.1 Å². The molecule has 0 amide bonds. The summed E-state index contributed by atoms with van der Waals surface area (Å²) in [6, 6.07) is 6.83. The molecule has 1 aromatic carbocycles. The highest BCUT2D eigenvalue weighted by Crippen LogP contribution is 2.32. The summed E-state index contributed by atoms with van der Waals surface area (Å²) in [5, 5.41) is 13.2. The van der Waals surface area contributed by atoms with Gasteiger partial charge in [-0.05, 0) is 61.9 Å². The topological polar surface area (TPSA) is 41.5 Å². The van der Waals surface area contributed by atoms with Crippen molar-refractivity contribution >= 4 is 0 Å². The predicted molar refractivity (Wildman–Crippen MR) is 82.2 cm³/mol. The molecule has 3 heteroatoms. The first-order chi connectivity index (χ1) is 9.74. The maximum absolute atomic E-state index is 9.59. The van der Waals surface area contributed by atoms with Gasteiger partial charge < -0.3 is 15.2 Å². The molecule has 1 aliphatic rings. The molecule has 1 aromatic rings. The zero-order chi connectivity index (χ0) is 14.4. The molecular weight excluding hydrogens is 250 g/mol. The minimum atomic E-state index is -0.375. The zero-order valence-electron chi connectivity index (χ0n) is 12.7. The molecule has 2 atom stereocenters. The van der Waals surface area contributed by atoms with E-state index in [0.717, 1.165) is 31.6 Å². The maximum atomic E-state index is 9.59. The molecule has 0 saturated heterocycles. The normalized spacial score (nSPS) is 19.4. The molecule has 20 heavy (non-hydrogen) atoms. The Bertz CT molecular complexity index is 419. The summed E-state index contributed by atoms with van der Waals surface area (Å²) in [6.07, 6.45) is 5.13. The molecule has 0 radical (unpaired) electrons. The molecule has 0 bridgehead atoms. The Morgan fingerprint density at radius 3 is 3.00 bits per heavy atom. The van der Waals surface area contributed by atoms with Gasteiger partial charge in [-0.15, -0.1) is 0 Å². The first kappa shape index (κ1) is 15.3. The van der Waals surface area contributed by atoms with Crippen molar-refractivity contribution in [2.24, 2.45) is 0 Å². The second-order valence-corrected chi connectivity index (χ2v) is 5.63. The van der Waals surface area contributed by atoms with E-state index in [9.17, 15) is 5.11 Å². The molecule has 2 unspecified atom stereocenters. The quantitative estimate of drug-likeness (QED) is 0.804. The van der Waals surface area contributed by atoms with Crippen LogP contribution in [0.1, 0.15) is 56.7 Å². The van der Waals surface area contributed by atoms with Crippen LogP contribution in [-0.4, -0.2) is 24.4 Å². The fraction of sp³-hybridized carbons (Fsp3) is 0.647. The summed E-state index contributed by atoms with van der Waals surface area (Å²) in [4.78, 5) is 0. The Labute approximate surface area is 122 Å². The average molecular weight is 277 g/mol. The van der Waals surface area contributed by atoms with Crippen LogP contribution >= 0.6 is 0 Å². The molecule has 2 N–H and O–H groups in total. The van der Waals surface area contributed by atoms with Crippen LogP contribution in [0.3, 0.4) is 0 Å². The Hall–Kier alpha value is -1.06. The highest BCUT2D eigenvalue weighted by molar-refractivity contribution is 5.39. The Balaban J connectivity index is 2.06. The van der Waals surface area contributed by atoms with Gasteiger partial charge in [0.05, 0.1) is 6.10 Å². The Kier molecular flexibility index (Phi) is 5.86. The minimum Gasteiger partial charge on any atom is -0.491 e. The highest BCUT2D eigenvalue weighted by Gasteiger charge is 2.20. The van der Waals surface area contributed by atoms with Gasteiger partial charge in [-0.3, -0.25) is 0 Å². The van der Waals surface area contributed by atoms with Gasteiger partial charge in [-0.25, -0.2) is 0 Å². The minimum absolute atomic E-state index is 0.375. The molecule has 1 aliphatic carbocycles. The summed E-state index contributed by atoms with van der Waals surface area (Å²) >= 11 is 0. The lowest BCUT2D eigenvalue weighted by atomic mass is 9.87. The summed E-state index contributed by atoms with van der Waals surface area (Å²) < 4.78 is 5.70. The summed E-state index contributed by atoms with van der Waals surface area (Å²) in [7, 11) is 0. The van der Waals surface area contributed by atoms with Crippen LogP contribution in [0, 0.1) is 0 Å². The van der Waals surface area contributed by atoms with E-state index in [4.69, 9.17) is 4.74 Å². The van der Waals surface area contributed by atoms with Crippen molar-refractivity contribution < 1.29 is 9.84 Å². The van der Waals surface area contributed by atoms with Crippen LogP contribution in [0.15, 0.2) is 18.2 Å². The predicted octanol–water partition coefficient (Wildman–Crippen LogP) is 3.21. The van der Waals surface area contributed by atoms with E-state index in [1.807, 2.05) is 13.0 Å².